The molecule has 2 heterocycles. The molecule has 11 aromatic rings. The summed E-state index contributed by atoms with van der Waals surface area (Å²) in [5.74, 6) is 0.142. The largest absolute Gasteiger partial charge is 0.455 e. The smallest absolute Gasteiger partial charge is 0.145 e. The fourth-order valence-electron chi connectivity index (χ4n) is 11.2. The maximum atomic E-state index is 7.19. The highest BCUT2D eigenvalue weighted by atomic mass is 16.3. The molecule has 0 radical (unpaired) electrons. The minimum absolute atomic E-state index is 0.0239. The van der Waals surface area contributed by atoms with Crippen molar-refractivity contribution < 1.29 is 4.42 Å². The summed E-state index contributed by atoms with van der Waals surface area (Å²) in [6.07, 6.45) is 4.96. The second-order valence-electron chi connectivity index (χ2n) is 18.3. The number of aliphatic imine (C=N–C) groups is 1. The van der Waals surface area contributed by atoms with Crippen LogP contribution in [0.5, 0.6) is 0 Å². The summed E-state index contributed by atoms with van der Waals surface area (Å²) < 4.78 is 7.19. The quantitative estimate of drug-likeness (QED) is 0.112. The molecule has 0 fully saturated rings. The van der Waals surface area contributed by atoms with Gasteiger partial charge in [0.25, 0.3) is 0 Å². The molecular weight excluding hydrogens is 825 g/mol. The van der Waals surface area contributed by atoms with Gasteiger partial charge in [-0.1, -0.05) is 213 Å². The molecule has 3 nitrogen and oxygen atoms in total. The first kappa shape index (κ1) is 39.8. The van der Waals surface area contributed by atoms with E-state index in [9.17, 15) is 0 Å². The second kappa shape index (κ2) is 15.8. The van der Waals surface area contributed by atoms with E-state index >= 15 is 0 Å². The highest BCUT2D eigenvalue weighted by Gasteiger charge is 2.41. The number of hydrogen-bond donors (Lipinski definition) is 0. The summed E-state index contributed by atoms with van der Waals surface area (Å²) in [6, 6.07) is 73.5. The van der Waals surface area contributed by atoms with Crippen LogP contribution >= 0.6 is 0 Å². The number of nitrogens with zero attached hydrogens (tertiary/aromatic N) is 2. The van der Waals surface area contributed by atoms with Crippen molar-refractivity contribution in [3.05, 3.63) is 258 Å². The van der Waals surface area contributed by atoms with E-state index in [4.69, 9.17) is 22.6 Å². The van der Waals surface area contributed by atoms with Gasteiger partial charge in [-0.2, -0.15) is 0 Å². The van der Waals surface area contributed by atoms with E-state index in [1.807, 2.05) is 0 Å². The number of benzene rings is 10. The van der Waals surface area contributed by atoms with Gasteiger partial charge in [0.15, 0.2) is 0 Å². The number of fused-ring (bicyclic) bond motifs is 10. The second-order valence-corrected chi connectivity index (χ2v) is 18.3. The van der Waals surface area contributed by atoms with Crippen molar-refractivity contribution in [1.29, 1.82) is 0 Å². The van der Waals surface area contributed by atoms with Gasteiger partial charge in [-0.15, -0.1) is 0 Å². The Kier molecular flexibility index (Phi) is 9.26. The van der Waals surface area contributed by atoms with Crippen molar-refractivity contribution in [2.24, 2.45) is 4.99 Å². The van der Waals surface area contributed by atoms with Crippen LogP contribution in [0.15, 0.2) is 234 Å². The van der Waals surface area contributed by atoms with E-state index in [2.05, 4.69) is 230 Å². The molecule has 0 bridgehead atoms. The van der Waals surface area contributed by atoms with E-state index in [1.165, 1.54) is 43.6 Å². The lowest BCUT2D eigenvalue weighted by atomic mass is 9.85. The average Bonchev–Trinajstić information content (AvgIpc) is 3.92. The van der Waals surface area contributed by atoms with Crippen LogP contribution in [0.4, 0.5) is 11.4 Å². The van der Waals surface area contributed by atoms with Gasteiger partial charge in [0, 0.05) is 33.7 Å². The van der Waals surface area contributed by atoms with Crippen LogP contribution in [-0.4, -0.2) is 11.8 Å². The van der Waals surface area contributed by atoms with Crippen LogP contribution in [0.1, 0.15) is 41.1 Å². The molecule has 13 rings (SSSR count). The van der Waals surface area contributed by atoms with E-state index in [0.717, 1.165) is 82.7 Å². The Balaban J connectivity index is 1.03. The zero-order chi connectivity index (χ0) is 45.5. The fourth-order valence-corrected chi connectivity index (χ4v) is 11.2. The van der Waals surface area contributed by atoms with E-state index in [-0.39, 0.29) is 12.0 Å². The topological polar surface area (TPSA) is 28.7 Å². The molecule has 68 heavy (non-hydrogen) atoms. The molecule has 1 aromatic heterocycles. The number of rotatable bonds is 8. The number of para-hydroxylation sites is 1. The zero-order valence-corrected chi connectivity index (χ0v) is 37.7. The Morgan fingerprint density at radius 1 is 0.559 bits per heavy atom. The maximum Gasteiger partial charge on any atom is 0.145 e. The first-order valence-corrected chi connectivity index (χ1v) is 23.5. The van der Waals surface area contributed by atoms with Gasteiger partial charge in [-0.05, 0) is 101 Å². The molecule has 0 amide bonds. The molecular formula is C65H46N2O. The van der Waals surface area contributed by atoms with Crippen molar-refractivity contribution in [2.45, 2.75) is 24.9 Å². The third-order valence-electron chi connectivity index (χ3n) is 14.5. The lowest BCUT2D eigenvalue weighted by molar-refractivity contribution is 0.668. The summed E-state index contributed by atoms with van der Waals surface area (Å²) in [4.78, 5) is 8.24. The first-order chi connectivity index (χ1) is 33.5. The molecule has 1 aliphatic heterocycles. The highest BCUT2D eigenvalue weighted by Crippen LogP contribution is 2.55. The third-order valence-corrected chi connectivity index (χ3v) is 14.5. The van der Waals surface area contributed by atoms with Crippen LogP contribution in [0.3, 0.4) is 0 Å². The van der Waals surface area contributed by atoms with Crippen molar-refractivity contribution in [3.63, 3.8) is 0 Å². The van der Waals surface area contributed by atoms with Crippen LogP contribution in [0.25, 0.3) is 83.1 Å². The van der Waals surface area contributed by atoms with E-state index in [0.29, 0.717) is 0 Å². The fraction of sp³-hybridized carbons (Fsp3) is 0.0615. The lowest BCUT2D eigenvalue weighted by Gasteiger charge is -2.31. The Morgan fingerprint density at radius 3 is 1.94 bits per heavy atom. The van der Waals surface area contributed by atoms with Gasteiger partial charge < -0.3 is 9.32 Å². The lowest BCUT2D eigenvalue weighted by Crippen LogP contribution is -2.38. The van der Waals surface area contributed by atoms with Crippen LogP contribution in [0, 0.1) is 0 Å². The van der Waals surface area contributed by atoms with E-state index in [1.54, 1.807) is 0 Å². The van der Waals surface area contributed by atoms with Gasteiger partial charge in [-0.3, -0.25) is 4.99 Å². The van der Waals surface area contributed by atoms with E-state index < -0.39 is 6.04 Å². The van der Waals surface area contributed by atoms with Gasteiger partial charge in [0.05, 0.1) is 17.1 Å². The molecule has 3 atom stereocenters. The normalized spacial score (nSPS) is 15.8. The minimum Gasteiger partial charge on any atom is -0.455 e. The summed E-state index contributed by atoms with van der Waals surface area (Å²) in [5, 5.41) is 11.6. The van der Waals surface area contributed by atoms with Gasteiger partial charge in [0.2, 0.25) is 0 Å². The van der Waals surface area contributed by atoms with Gasteiger partial charge in [0.1, 0.15) is 17.2 Å². The van der Waals surface area contributed by atoms with Crippen LogP contribution < -0.4 is 15.3 Å². The monoisotopic (exact) mass is 870 g/mol. The van der Waals surface area contributed by atoms with Crippen molar-refractivity contribution in [1.82, 2.24) is 0 Å². The average molecular weight is 871 g/mol. The Morgan fingerprint density at radius 2 is 1.16 bits per heavy atom. The first-order valence-electron chi connectivity index (χ1n) is 23.5. The van der Waals surface area contributed by atoms with Crippen LogP contribution in [0.2, 0.25) is 0 Å². The third kappa shape index (κ3) is 6.31. The predicted octanol–water partition coefficient (Wildman–Crippen LogP) is 15.4. The molecule has 3 heteroatoms. The predicted molar refractivity (Wildman–Crippen MR) is 287 cm³/mol. The number of furan rings is 1. The molecule has 0 saturated heterocycles. The maximum absolute atomic E-state index is 7.19. The zero-order valence-electron chi connectivity index (χ0n) is 37.7. The standard InChI is InChI=1S/C65H46N2O/c1-40(41(2)63(53-30-17-25-46-20-11-12-26-51(46)53)66-42(3)43-32-34-45(35-33-43)44-18-5-4-6-19-44)61-52-27-13-14-28-54(52)64(62-55-29-15-16-31-60(55)68-65(61)62)67-58-38-49-23-9-7-21-47(49)36-56(58)57-37-48-22-8-10-24-50(48)39-59(57)67/h4-39,56,58,63H,1-2H2,3H3. The van der Waals surface area contributed by atoms with Gasteiger partial charge >= 0.3 is 0 Å². The number of anilines is 2. The molecule has 322 valence electrons. The molecule has 2 aliphatic rings. The Hall–Kier alpha value is -8.53. The Labute approximate surface area is 395 Å². The SMILES string of the molecule is C=C(C(=C)C(N=C(C)c1ccc(-c2ccccc2)cc1)c1cccc2ccccc12)c1c2ccccc2c(N2c3cc4ccccc4cc3C3C=c4ccccc4=CC32)c2c1oc1ccccc12. The molecule has 3 unspecified atom stereocenters. The van der Waals surface area contributed by atoms with Crippen molar-refractivity contribution in [3.8, 4) is 11.1 Å². The minimum atomic E-state index is -0.452. The van der Waals surface area contributed by atoms with Gasteiger partial charge in [-0.25, -0.2) is 0 Å². The number of hydrogen-bond acceptors (Lipinski definition) is 3. The molecule has 10 aromatic carbocycles. The van der Waals surface area contributed by atoms with Crippen molar-refractivity contribution in [2.75, 3.05) is 4.90 Å². The van der Waals surface area contributed by atoms with Crippen molar-refractivity contribution >= 4 is 89.1 Å². The van der Waals surface area contributed by atoms with Crippen LogP contribution in [-0.2, 0) is 0 Å². The Bertz CT molecular complexity index is 4040. The molecule has 0 N–H and O–H groups in total. The summed E-state index contributed by atoms with van der Waals surface area (Å²) in [6.45, 7) is 12.0. The summed E-state index contributed by atoms with van der Waals surface area (Å²) in [7, 11) is 0. The molecule has 0 saturated carbocycles. The summed E-state index contributed by atoms with van der Waals surface area (Å²) >= 11 is 0. The summed E-state index contributed by atoms with van der Waals surface area (Å²) in [5.41, 5.74) is 13.2. The molecule has 0 spiro atoms. The highest BCUT2D eigenvalue weighted by molar-refractivity contribution is 6.26. The molecule has 1 aliphatic carbocycles.